The van der Waals surface area contributed by atoms with Crippen LogP contribution in [0.2, 0.25) is 0 Å². The first-order valence-corrected chi connectivity index (χ1v) is 31.7. The lowest BCUT2D eigenvalue weighted by Crippen LogP contribution is -2.45. The van der Waals surface area contributed by atoms with E-state index in [9.17, 15) is 19.8 Å². The highest BCUT2D eigenvalue weighted by atomic mass is 16.5. The van der Waals surface area contributed by atoms with Crippen molar-refractivity contribution >= 4 is 11.9 Å². The van der Waals surface area contributed by atoms with Crippen molar-refractivity contribution in [3.8, 4) is 0 Å². The summed E-state index contributed by atoms with van der Waals surface area (Å²) < 4.78 is 5.47. The molecule has 0 aromatic heterocycles. The van der Waals surface area contributed by atoms with Crippen molar-refractivity contribution in [1.29, 1.82) is 0 Å². The van der Waals surface area contributed by atoms with Gasteiger partial charge < -0.3 is 20.3 Å². The number of hydrogen-bond donors (Lipinski definition) is 3. The second-order valence-corrected chi connectivity index (χ2v) is 21.7. The molecular weight excluding hydrogens is 875 g/mol. The van der Waals surface area contributed by atoms with E-state index in [1.165, 1.54) is 257 Å². The van der Waals surface area contributed by atoms with Gasteiger partial charge in [0.2, 0.25) is 5.91 Å². The number of hydrogen-bond acceptors (Lipinski definition) is 5. The summed E-state index contributed by atoms with van der Waals surface area (Å²) >= 11 is 0. The van der Waals surface area contributed by atoms with Crippen molar-refractivity contribution < 1.29 is 24.5 Å². The van der Waals surface area contributed by atoms with Crippen molar-refractivity contribution in [2.24, 2.45) is 0 Å². The van der Waals surface area contributed by atoms with Gasteiger partial charge in [-0.1, -0.05) is 288 Å². The minimum atomic E-state index is -0.668. The quantitative estimate of drug-likeness (QED) is 0.0321. The third-order valence-corrected chi connectivity index (χ3v) is 14.6. The molecule has 0 radical (unpaired) electrons. The maximum absolute atomic E-state index is 12.5. The topological polar surface area (TPSA) is 95.9 Å². The summed E-state index contributed by atoms with van der Waals surface area (Å²) in [6.45, 7) is 4.90. The van der Waals surface area contributed by atoms with Crippen molar-refractivity contribution in [2.45, 2.75) is 353 Å². The molecule has 418 valence electrons. The second kappa shape index (κ2) is 60.6. The van der Waals surface area contributed by atoms with E-state index in [4.69, 9.17) is 4.74 Å². The van der Waals surface area contributed by atoms with E-state index in [0.29, 0.717) is 25.9 Å². The first kappa shape index (κ1) is 69.1. The van der Waals surface area contributed by atoms with Crippen molar-refractivity contribution in [1.82, 2.24) is 5.32 Å². The van der Waals surface area contributed by atoms with Gasteiger partial charge in [-0.2, -0.15) is 0 Å². The maximum atomic E-state index is 12.5. The SMILES string of the molecule is CCC/C=C\C/C=C\CCCCCCCC(=O)OCCCCCCCCCCCCCC/C=C\CCCCCCCCCCC(=O)NC(CO)C(O)CCCCCCCCCCCCCCCCCCC. The number of carbonyl (C=O) groups is 2. The highest BCUT2D eigenvalue weighted by Crippen LogP contribution is 2.18. The number of esters is 1. The number of nitrogens with one attached hydrogen (secondary N) is 1. The molecule has 1 amide bonds. The van der Waals surface area contributed by atoms with Crippen LogP contribution >= 0.6 is 0 Å². The number of aliphatic hydroxyl groups is 2. The van der Waals surface area contributed by atoms with E-state index < -0.39 is 12.1 Å². The van der Waals surface area contributed by atoms with Gasteiger partial charge in [-0.15, -0.1) is 0 Å². The summed E-state index contributed by atoms with van der Waals surface area (Å²) in [4.78, 5) is 24.5. The molecule has 3 N–H and O–H groups in total. The molecule has 0 aliphatic rings. The van der Waals surface area contributed by atoms with Gasteiger partial charge in [-0.3, -0.25) is 9.59 Å². The summed E-state index contributed by atoms with van der Waals surface area (Å²) in [7, 11) is 0. The van der Waals surface area contributed by atoms with Gasteiger partial charge >= 0.3 is 5.97 Å². The van der Waals surface area contributed by atoms with Gasteiger partial charge in [0.15, 0.2) is 0 Å². The maximum Gasteiger partial charge on any atom is 0.305 e. The van der Waals surface area contributed by atoms with Gasteiger partial charge in [0.25, 0.3) is 0 Å². The number of carbonyl (C=O) groups excluding carboxylic acids is 2. The van der Waals surface area contributed by atoms with Crippen molar-refractivity contribution in [2.75, 3.05) is 13.2 Å². The minimum Gasteiger partial charge on any atom is -0.466 e. The molecular formula is C65H123NO5. The molecule has 0 aromatic carbocycles. The zero-order chi connectivity index (χ0) is 51.4. The summed E-state index contributed by atoms with van der Waals surface area (Å²) in [5.41, 5.74) is 0. The summed E-state index contributed by atoms with van der Waals surface area (Å²) in [5.74, 6) is -0.0402. The van der Waals surface area contributed by atoms with Crippen LogP contribution in [-0.2, 0) is 14.3 Å². The molecule has 2 unspecified atom stereocenters. The molecule has 0 aliphatic carbocycles. The molecule has 0 fully saturated rings. The van der Waals surface area contributed by atoms with Gasteiger partial charge in [-0.05, 0) is 77.0 Å². The molecule has 6 nitrogen and oxygen atoms in total. The lowest BCUT2D eigenvalue weighted by Gasteiger charge is -2.22. The molecule has 0 heterocycles. The molecule has 2 atom stereocenters. The lowest BCUT2D eigenvalue weighted by molar-refractivity contribution is -0.143. The zero-order valence-corrected chi connectivity index (χ0v) is 47.7. The van der Waals surface area contributed by atoms with Crippen LogP contribution in [0, 0.1) is 0 Å². The fourth-order valence-corrected chi connectivity index (χ4v) is 9.79. The first-order valence-electron chi connectivity index (χ1n) is 31.7. The Morgan fingerprint density at radius 1 is 0.394 bits per heavy atom. The Labute approximate surface area is 443 Å². The standard InChI is InChI=1S/C65H123NO5/c1-3-5-7-9-11-13-15-17-18-27-30-34-37-41-45-49-53-57-63(68)62(61-67)66-64(69)58-54-50-46-42-38-35-31-28-25-23-21-19-20-22-24-26-29-32-36-40-44-48-52-56-60-71-65(70)59-55-51-47-43-39-33-16-14-12-10-8-6-4-2/h8,10,14,16,21,23,62-63,67-68H,3-7,9,11-13,15,17-20,22,24-61H2,1-2H3,(H,66,69)/b10-8-,16-14-,23-21-. The van der Waals surface area contributed by atoms with Crippen molar-refractivity contribution in [3.63, 3.8) is 0 Å². The van der Waals surface area contributed by atoms with E-state index >= 15 is 0 Å². The predicted molar refractivity (Wildman–Crippen MR) is 310 cm³/mol. The summed E-state index contributed by atoms with van der Waals surface area (Å²) in [6.07, 6.45) is 75.9. The van der Waals surface area contributed by atoms with Gasteiger partial charge in [0.1, 0.15) is 0 Å². The van der Waals surface area contributed by atoms with E-state index in [-0.39, 0.29) is 18.5 Å². The Kier molecular flexibility index (Phi) is 59.0. The first-order chi connectivity index (χ1) is 35.0. The molecule has 0 rings (SSSR count). The largest absolute Gasteiger partial charge is 0.466 e. The van der Waals surface area contributed by atoms with Crippen LogP contribution in [0.4, 0.5) is 0 Å². The Morgan fingerprint density at radius 2 is 0.732 bits per heavy atom. The third kappa shape index (κ3) is 57.2. The summed E-state index contributed by atoms with van der Waals surface area (Å²) in [5, 5.41) is 23.3. The molecule has 0 bridgehead atoms. The molecule has 71 heavy (non-hydrogen) atoms. The fraction of sp³-hybridized carbons (Fsp3) is 0.877. The highest BCUT2D eigenvalue weighted by molar-refractivity contribution is 5.76. The minimum absolute atomic E-state index is 0.00274. The van der Waals surface area contributed by atoms with E-state index in [1.54, 1.807) is 0 Å². The Hall–Kier alpha value is -1.92. The second-order valence-electron chi connectivity index (χ2n) is 21.7. The van der Waals surface area contributed by atoms with Gasteiger partial charge in [0, 0.05) is 12.8 Å². The normalized spacial score (nSPS) is 12.8. The van der Waals surface area contributed by atoms with Gasteiger partial charge in [0.05, 0.1) is 25.4 Å². The Balaban J connectivity index is 3.41. The zero-order valence-electron chi connectivity index (χ0n) is 47.7. The molecule has 0 aromatic rings. The third-order valence-electron chi connectivity index (χ3n) is 14.6. The lowest BCUT2D eigenvalue weighted by atomic mass is 10.0. The Morgan fingerprint density at radius 3 is 1.14 bits per heavy atom. The number of aliphatic hydroxyl groups excluding tert-OH is 2. The average Bonchev–Trinajstić information content (AvgIpc) is 3.37. The smallest absolute Gasteiger partial charge is 0.305 e. The number of ether oxygens (including phenoxy) is 1. The van der Waals surface area contributed by atoms with Crippen LogP contribution in [0.1, 0.15) is 341 Å². The highest BCUT2D eigenvalue weighted by Gasteiger charge is 2.20. The predicted octanol–water partition coefficient (Wildman–Crippen LogP) is 20.0. The molecule has 0 spiro atoms. The number of amides is 1. The fourth-order valence-electron chi connectivity index (χ4n) is 9.79. The van der Waals surface area contributed by atoms with Crippen LogP contribution in [0.25, 0.3) is 0 Å². The number of rotatable bonds is 59. The van der Waals surface area contributed by atoms with Gasteiger partial charge in [-0.25, -0.2) is 0 Å². The molecule has 6 heteroatoms. The molecule has 0 aliphatic heterocycles. The van der Waals surface area contributed by atoms with Crippen LogP contribution < -0.4 is 5.32 Å². The van der Waals surface area contributed by atoms with Crippen LogP contribution in [0.5, 0.6) is 0 Å². The number of allylic oxidation sites excluding steroid dienone is 6. The van der Waals surface area contributed by atoms with Crippen LogP contribution in [-0.4, -0.2) is 47.4 Å². The van der Waals surface area contributed by atoms with E-state index in [1.807, 2.05) is 0 Å². The number of unbranched alkanes of at least 4 members (excludes halogenated alkanes) is 42. The van der Waals surface area contributed by atoms with Crippen LogP contribution in [0.3, 0.4) is 0 Å². The molecule has 0 saturated carbocycles. The van der Waals surface area contributed by atoms with E-state index in [2.05, 4.69) is 55.6 Å². The average molecular weight is 999 g/mol. The Bertz CT molecular complexity index is 1150. The van der Waals surface area contributed by atoms with Crippen molar-refractivity contribution in [3.05, 3.63) is 36.5 Å². The molecule has 0 saturated heterocycles. The van der Waals surface area contributed by atoms with Crippen LogP contribution in [0.15, 0.2) is 36.5 Å². The summed E-state index contributed by atoms with van der Waals surface area (Å²) in [6, 6.07) is -0.545. The van der Waals surface area contributed by atoms with E-state index in [0.717, 1.165) is 51.4 Å². The monoisotopic (exact) mass is 998 g/mol.